The summed E-state index contributed by atoms with van der Waals surface area (Å²) in [7, 11) is -5.43. The summed E-state index contributed by atoms with van der Waals surface area (Å²) in [5.74, 6) is -0.388. The van der Waals surface area contributed by atoms with Crippen LogP contribution in [0.2, 0.25) is 19.6 Å². The maximum absolute atomic E-state index is 12.4. The Bertz CT molecular complexity index is 604. The number of carbonyl (C=O) groups is 1. The molecule has 1 aliphatic rings. The van der Waals surface area contributed by atoms with Crippen LogP contribution in [0.15, 0.2) is 29.2 Å². The summed E-state index contributed by atoms with van der Waals surface area (Å²) in [6, 6.07) is 6.41. The fraction of sp³-hybridized carbons (Fsp3) is 0.417. The zero-order chi connectivity index (χ0) is 13.7. The molecule has 1 aliphatic heterocycles. The molecule has 0 saturated carbocycles. The molecular weight excluding hydrogens is 266 g/mol. The van der Waals surface area contributed by atoms with Gasteiger partial charge in [0.1, 0.15) is 4.90 Å². The highest BCUT2D eigenvalue weighted by Crippen LogP contribution is 2.33. The van der Waals surface area contributed by atoms with E-state index in [1.54, 1.807) is 18.2 Å². The molecule has 1 aromatic carbocycles. The normalized spacial score (nSPS) is 19.8. The molecule has 1 unspecified atom stereocenters. The summed E-state index contributed by atoms with van der Waals surface area (Å²) in [6.45, 7) is 8.00. The molecule has 0 bridgehead atoms. The van der Waals surface area contributed by atoms with Crippen LogP contribution in [0.3, 0.4) is 0 Å². The van der Waals surface area contributed by atoms with Crippen molar-refractivity contribution in [2.45, 2.75) is 37.1 Å². The summed E-state index contributed by atoms with van der Waals surface area (Å²) in [5.41, 5.74) is 0.0463. The Morgan fingerprint density at radius 1 is 1.17 bits per heavy atom. The molecule has 1 amide bonds. The van der Waals surface area contributed by atoms with Gasteiger partial charge in [0.25, 0.3) is 15.9 Å². The number of amides is 1. The van der Waals surface area contributed by atoms with E-state index in [0.717, 1.165) is 4.31 Å². The van der Waals surface area contributed by atoms with Crippen molar-refractivity contribution in [2.75, 3.05) is 0 Å². The van der Waals surface area contributed by atoms with Crippen LogP contribution in [0.1, 0.15) is 17.3 Å². The summed E-state index contributed by atoms with van der Waals surface area (Å²) in [5, 5.41) is 0. The molecule has 6 heteroatoms. The van der Waals surface area contributed by atoms with Gasteiger partial charge in [-0.05, 0) is 19.1 Å². The first-order chi connectivity index (χ1) is 8.17. The van der Waals surface area contributed by atoms with E-state index in [4.69, 9.17) is 0 Å². The van der Waals surface area contributed by atoms with Crippen LogP contribution in [-0.2, 0) is 10.0 Å². The lowest BCUT2D eigenvalue weighted by Crippen LogP contribution is -2.51. The third-order valence-corrected chi connectivity index (χ3v) is 8.32. The predicted octanol–water partition coefficient (Wildman–Crippen LogP) is 2.10. The van der Waals surface area contributed by atoms with Crippen molar-refractivity contribution in [3.05, 3.63) is 29.8 Å². The molecule has 18 heavy (non-hydrogen) atoms. The number of rotatable bonds is 2. The third kappa shape index (κ3) is 1.80. The van der Waals surface area contributed by atoms with Crippen molar-refractivity contribution in [3.63, 3.8) is 0 Å². The van der Waals surface area contributed by atoms with Crippen LogP contribution in [-0.4, -0.2) is 32.4 Å². The molecule has 0 N–H and O–H groups in total. The SMILES string of the molecule is CC(N1C(=O)c2ccccc2S1(=O)=O)[Si](C)(C)C. The minimum absolute atomic E-state index is 0.139. The Morgan fingerprint density at radius 2 is 1.72 bits per heavy atom. The largest absolute Gasteiger partial charge is 0.268 e. The second-order valence-corrected chi connectivity index (χ2v) is 13.0. The zero-order valence-electron chi connectivity index (χ0n) is 11.0. The monoisotopic (exact) mass is 283 g/mol. The Kier molecular flexibility index (Phi) is 2.90. The Hall–Kier alpha value is -1.14. The highest BCUT2D eigenvalue weighted by atomic mass is 32.2. The molecule has 4 nitrogen and oxygen atoms in total. The fourth-order valence-electron chi connectivity index (χ4n) is 1.94. The van der Waals surface area contributed by atoms with E-state index in [1.807, 2.05) is 6.92 Å². The van der Waals surface area contributed by atoms with Crippen LogP contribution in [0.25, 0.3) is 0 Å². The summed E-state index contributed by atoms with van der Waals surface area (Å²) < 4.78 is 25.9. The molecule has 1 heterocycles. The standard InChI is InChI=1S/C12H17NO3SSi/c1-9(18(2,3)4)13-12(14)10-7-5-6-8-11(10)17(13,15)16/h5-9H,1-4H3. The molecule has 0 saturated heterocycles. The number of hydrogen-bond donors (Lipinski definition) is 0. The van der Waals surface area contributed by atoms with Crippen molar-refractivity contribution in [1.82, 2.24) is 4.31 Å². The van der Waals surface area contributed by atoms with E-state index in [-0.39, 0.29) is 16.5 Å². The van der Waals surface area contributed by atoms with Crippen LogP contribution in [0.5, 0.6) is 0 Å². The molecular formula is C12H17NO3SSi. The van der Waals surface area contributed by atoms with Crippen molar-refractivity contribution in [3.8, 4) is 0 Å². The van der Waals surface area contributed by atoms with Crippen molar-refractivity contribution in [1.29, 1.82) is 0 Å². The number of sulfonamides is 1. The lowest BCUT2D eigenvalue weighted by atomic mass is 10.2. The summed E-state index contributed by atoms with van der Waals surface area (Å²) in [4.78, 5) is 12.4. The first kappa shape index (κ1) is 13.3. The Morgan fingerprint density at radius 3 is 2.22 bits per heavy atom. The average Bonchev–Trinajstić information content (AvgIpc) is 2.46. The summed E-state index contributed by atoms with van der Waals surface area (Å²) >= 11 is 0. The second kappa shape index (κ2) is 3.93. The Labute approximate surface area is 109 Å². The van der Waals surface area contributed by atoms with Gasteiger partial charge in [0.05, 0.1) is 13.6 Å². The molecule has 1 aromatic rings. The van der Waals surface area contributed by atoms with Crippen molar-refractivity contribution < 1.29 is 13.2 Å². The van der Waals surface area contributed by atoms with Crippen LogP contribution in [0, 0.1) is 0 Å². The van der Waals surface area contributed by atoms with Crippen LogP contribution in [0.4, 0.5) is 0 Å². The highest BCUT2D eigenvalue weighted by molar-refractivity contribution is 7.90. The van der Waals surface area contributed by atoms with Crippen molar-refractivity contribution >= 4 is 24.0 Å². The molecule has 0 radical (unpaired) electrons. The van der Waals surface area contributed by atoms with E-state index in [2.05, 4.69) is 19.6 Å². The van der Waals surface area contributed by atoms with Crippen LogP contribution < -0.4 is 0 Å². The first-order valence-electron chi connectivity index (χ1n) is 5.85. The van der Waals surface area contributed by atoms with Crippen molar-refractivity contribution in [2.24, 2.45) is 0 Å². The lowest BCUT2D eigenvalue weighted by Gasteiger charge is -2.32. The van der Waals surface area contributed by atoms with E-state index in [0.29, 0.717) is 5.56 Å². The van der Waals surface area contributed by atoms with Gasteiger partial charge in [-0.3, -0.25) is 4.79 Å². The minimum Gasteiger partial charge on any atom is -0.268 e. The van der Waals surface area contributed by atoms with Gasteiger partial charge in [-0.25, -0.2) is 12.7 Å². The zero-order valence-corrected chi connectivity index (χ0v) is 12.8. The van der Waals surface area contributed by atoms with E-state index >= 15 is 0 Å². The van der Waals surface area contributed by atoms with Gasteiger partial charge < -0.3 is 0 Å². The van der Waals surface area contributed by atoms with Gasteiger partial charge in [-0.1, -0.05) is 31.8 Å². The van der Waals surface area contributed by atoms with Gasteiger partial charge in [-0.2, -0.15) is 0 Å². The Balaban J connectivity index is 2.59. The van der Waals surface area contributed by atoms with E-state index < -0.39 is 18.1 Å². The topological polar surface area (TPSA) is 54.5 Å². The maximum Gasteiger partial charge on any atom is 0.268 e. The number of fused-ring (bicyclic) bond motifs is 1. The number of benzene rings is 1. The van der Waals surface area contributed by atoms with E-state index in [9.17, 15) is 13.2 Å². The van der Waals surface area contributed by atoms with Gasteiger partial charge in [0.15, 0.2) is 0 Å². The number of hydrogen-bond acceptors (Lipinski definition) is 3. The van der Waals surface area contributed by atoms with E-state index in [1.165, 1.54) is 6.07 Å². The van der Waals surface area contributed by atoms with Gasteiger partial charge in [-0.15, -0.1) is 0 Å². The maximum atomic E-state index is 12.4. The number of carbonyl (C=O) groups excluding carboxylic acids is 1. The molecule has 1 atom stereocenters. The molecule has 2 rings (SSSR count). The predicted molar refractivity (Wildman–Crippen MR) is 72.6 cm³/mol. The van der Waals surface area contributed by atoms with Gasteiger partial charge in [0.2, 0.25) is 0 Å². The molecule has 0 aliphatic carbocycles. The average molecular weight is 283 g/mol. The smallest absolute Gasteiger partial charge is 0.268 e. The van der Waals surface area contributed by atoms with Gasteiger partial charge >= 0.3 is 0 Å². The third-order valence-electron chi connectivity index (χ3n) is 3.46. The van der Waals surface area contributed by atoms with Crippen LogP contribution >= 0.6 is 0 Å². The molecule has 98 valence electrons. The molecule has 0 aromatic heterocycles. The summed E-state index contributed by atoms with van der Waals surface area (Å²) in [6.07, 6.45) is 0. The first-order valence-corrected chi connectivity index (χ1v) is 10.9. The molecule has 0 fully saturated rings. The second-order valence-electron chi connectivity index (χ2n) is 5.64. The minimum atomic E-state index is -3.66. The number of nitrogens with zero attached hydrogens (tertiary/aromatic N) is 1. The highest BCUT2D eigenvalue weighted by Gasteiger charge is 2.46. The quantitative estimate of drug-likeness (QED) is 0.781. The fourth-order valence-corrected chi connectivity index (χ4v) is 5.75. The molecule has 0 spiro atoms. The lowest BCUT2D eigenvalue weighted by molar-refractivity contribution is 0.0861. The van der Waals surface area contributed by atoms with Gasteiger partial charge in [0, 0.05) is 5.67 Å².